The van der Waals surface area contributed by atoms with Crippen molar-refractivity contribution in [1.82, 2.24) is 9.97 Å². The van der Waals surface area contributed by atoms with Crippen molar-refractivity contribution >= 4 is 34.3 Å². The fourth-order valence-corrected chi connectivity index (χ4v) is 2.87. The van der Waals surface area contributed by atoms with Gasteiger partial charge in [-0.3, -0.25) is 9.59 Å². The zero-order valence-corrected chi connectivity index (χ0v) is 13.7. The minimum absolute atomic E-state index is 0.124. The number of fused-ring (bicyclic) bond motifs is 1. The molecular weight excluding hydrogens is 326 g/mol. The van der Waals surface area contributed by atoms with E-state index in [-0.39, 0.29) is 17.2 Å². The molecule has 3 rings (SSSR count). The highest BCUT2D eigenvalue weighted by molar-refractivity contribution is 7.99. The van der Waals surface area contributed by atoms with Crippen molar-refractivity contribution in [2.75, 3.05) is 18.2 Å². The molecule has 0 atom stereocenters. The second-order valence-electron chi connectivity index (χ2n) is 4.93. The largest absolute Gasteiger partial charge is 0.495 e. The number of aromatic nitrogens is 2. The lowest BCUT2D eigenvalue weighted by Gasteiger charge is -2.09. The molecule has 1 aromatic heterocycles. The van der Waals surface area contributed by atoms with Gasteiger partial charge in [0.15, 0.2) is 5.16 Å². The van der Waals surface area contributed by atoms with Crippen LogP contribution in [0.2, 0.25) is 0 Å². The van der Waals surface area contributed by atoms with Gasteiger partial charge in [-0.1, -0.05) is 36.0 Å². The maximum Gasteiger partial charge on any atom is 0.259 e. The highest BCUT2D eigenvalue weighted by atomic mass is 32.2. The Morgan fingerprint density at radius 2 is 1.96 bits per heavy atom. The first-order valence-electron chi connectivity index (χ1n) is 7.22. The van der Waals surface area contributed by atoms with Gasteiger partial charge in [0.25, 0.3) is 5.56 Å². The molecule has 0 aliphatic rings. The first kappa shape index (κ1) is 16.1. The smallest absolute Gasteiger partial charge is 0.259 e. The second kappa shape index (κ2) is 7.18. The number of hydrogen-bond acceptors (Lipinski definition) is 5. The zero-order chi connectivity index (χ0) is 16.9. The molecule has 7 heteroatoms. The molecule has 0 aliphatic heterocycles. The topological polar surface area (TPSA) is 84.1 Å². The number of carbonyl (C=O) groups is 1. The third kappa shape index (κ3) is 3.57. The number of hydrogen-bond donors (Lipinski definition) is 2. The number of rotatable bonds is 5. The fraction of sp³-hybridized carbons (Fsp3) is 0.118. The highest BCUT2D eigenvalue weighted by Crippen LogP contribution is 2.23. The number of benzene rings is 2. The van der Waals surface area contributed by atoms with Crippen LogP contribution in [0.4, 0.5) is 5.69 Å². The van der Waals surface area contributed by atoms with Crippen molar-refractivity contribution in [3.05, 3.63) is 58.9 Å². The molecule has 6 nitrogen and oxygen atoms in total. The Kier molecular flexibility index (Phi) is 4.81. The predicted molar refractivity (Wildman–Crippen MR) is 94.7 cm³/mol. The number of carbonyl (C=O) groups excluding carboxylic acids is 1. The van der Waals surface area contributed by atoms with Crippen LogP contribution >= 0.6 is 11.8 Å². The van der Waals surface area contributed by atoms with E-state index >= 15 is 0 Å². The summed E-state index contributed by atoms with van der Waals surface area (Å²) >= 11 is 1.17. The summed E-state index contributed by atoms with van der Waals surface area (Å²) < 4.78 is 5.19. The van der Waals surface area contributed by atoms with Crippen LogP contribution in [0.25, 0.3) is 10.9 Å². The van der Waals surface area contributed by atoms with Crippen LogP contribution in [0, 0.1) is 0 Å². The molecule has 24 heavy (non-hydrogen) atoms. The van der Waals surface area contributed by atoms with Crippen molar-refractivity contribution in [1.29, 1.82) is 0 Å². The lowest BCUT2D eigenvalue weighted by atomic mass is 10.2. The Bertz CT molecular complexity index is 940. The third-order valence-electron chi connectivity index (χ3n) is 3.31. The first-order valence-corrected chi connectivity index (χ1v) is 8.20. The van der Waals surface area contributed by atoms with Crippen molar-refractivity contribution in [3.8, 4) is 5.75 Å². The van der Waals surface area contributed by atoms with E-state index in [4.69, 9.17) is 4.74 Å². The molecule has 0 fully saturated rings. The summed E-state index contributed by atoms with van der Waals surface area (Å²) in [5, 5.41) is 3.72. The van der Waals surface area contributed by atoms with Crippen LogP contribution in [0.15, 0.2) is 58.5 Å². The SMILES string of the molecule is COc1ccccc1NC(=O)CSc1nc2ccccc2c(=O)[nH]1. The normalized spacial score (nSPS) is 10.5. The van der Waals surface area contributed by atoms with Crippen LogP contribution in [-0.4, -0.2) is 28.7 Å². The van der Waals surface area contributed by atoms with Crippen LogP contribution in [0.3, 0.4) is 0 Å². The van der Waals surface area contributed by atoms with Gasteiger partial charge in [0.1, 0.15) is 5.75 Å². The molecule has 0 unspecified atom stereocenters. The Morgan fingerprint density at radius 1 is 1.21 bits per heavy atom. The molecule has 0 bridgehead atoms. The number of amides is 1. The second-order valence-corrected chi connectivity index (χ2v) is 5.89. The van der Waals surface area contributed by atoms with E-state index < -0.39 is 0 Å². The molecule has 0 saturated heterocycles. The molecule has 0 saturated carbocycles. The van der Waals surface area contributed by atoms with Gasteiger partial charge in [-0.25, -0.2) is 4.98 Å². The molecule has 0 spiro atoms. The van der Waals surface area contributed by atoms with Gasteiger partial charge in [-0.2, -0.15) is 0 Å². The average Bonchev–Trinajstić information content (AvgIpc) is 2.60. The number of H-pyrrole nitrogens is 1. The number of nitrogens with zero attached hydrogens (tertiary/aromatic N) is 1. The summed E-state index contributed by atoms with van der Waals surface area (Å²) in [4.78, 5) is 31.1. The number of ether oxygens (including phenoxy) is 1. The maximum absolute atomic E-state index is 12.1. The maximum atomic E-state index is 12.1. The third-order valence-corrected chi connectivity index (χ3v) is 4.19. The first-order chi connectivity index (χ1) is 11.7. The molecular formula is C17H15N3O3S. The molecule has 3 aromatic rings. The predicted octanol–water partition coefficient (Wildman–Crippen LogP) is 2.66. The summed E-state index contributed by atoms with van der Waals surface area (Å²) in [6.45, 7) is 0. The number of nitrogens with one attached hydrogen (secondary N) is 2. The van der Waals surface area contributed by atoms with Crippen LogP contribution in [0.1, 0.15) is 0 Å². The van der Waals surface area contributed by atoms with Crippen LogP contribution < -0.4 is 15.6 Å². The Hall–Kier alpha value is -2.80. The van der Waals surface area contributed by atoms with Crippen molar-refractivity contribution in [2.24, 2.45) is 0 Å². The van der Waals surface area contributed by atoms with E-state index in [0.29, 0.717) is 27.5 Å². The molecule has 2 N–H and O–H groups in total. The number of thioether (sulfide) groups is 1. The summed E-state index contributed by atoms with van der Waals surface area (Å²) in [7, 11) is 1.55. The molecule has 1 amide bonds. The van der Waals surface area contributed by atoms with E-state index in [0.717, 1.165) is 0 Å². The van der Waals surface area contributed by atoms with Gasteiger partial charge in [-0.05, 0) is 24.3 Å². The van der Waals surface area contributed by atoms with E-state index in [1.54, 1.807) is 37.4 Å². The van der Waals surface area contributed by atoms with Crippen molar-refractivity contribution in [2.45, 2.75) is 5.16 Å². The lowest BCUT2D eigenvalue weighted by Crippen LogP contribution is -2.16. The number of para-hydroxylation sites is 3. The summed E-state index contributed by atoms with van der Waals surface area (Å²) in [6, 6.07) is 14.3. The number of anilines is 1. The van der Waals surface area contributed by atoms with E-state index in [1.165, 1.54) is 11.8 Å². The number of aromatic amines is 1. The van der Waals surface area contributed by atoms with Crippen LogP contribution in [-0.2, 0) is 4.79 Å². The molecule has 0 radical (unpaired) electrons. The molecule has 0 aliphatic carbocycles. The summed E-state index contributed by atoms with van der Waals surface area (Å²) in [6.07, 6.45) is 0. The molecule has 122 valence electrons. The van der Waals surface area contributed by atoms with Gasteiger partial charge in [0.05, 0.1) is 29.5 Å². The van der Waals surface area contributed by atoms with Gasteiger partial charge in [-0.15, -0.1) is 0 Å². The minimum Gasteiger partial charge on any atom is -0.495 e. The van der Waals surface area contributed by atoms with E-state index in [1.807, 2.05) is 18.2 Å². The molecule has 2 aromatic carbocycles. The standard InChI is InChI=1S/C17H15N3O3S/c1-23-14-9-5-4-8-13(14)18-15(21)10-24-17-19-12-7-3-2-6-11(12)16(22)20-17/h2-9H,10H2,1H3,(H,18,21)(H,19,20,22). The van der Waals surface area contributed by atoms with Gasteiger partial charge in [0.2, 0.25) is 5.91 Å². The van der Waals surface area contributed by atoms with Crippen molar-refractivity contribution in [3.63, 3.8) is 0 Å². The number of methoxy groups -OCH3 is 1. The highest BCUT2D eigenvalue weighted by Gasteiger charge is 2.09. The lowest BCUT2D eigenvalue weighted by molar-refractivity contribution is -0.113. The van der Waals surface area contributed by atoms with Gasteiger partial charge < -0.3 is 15.0 Å². The monoisotopic (exact) mass is 341 g/mol. The summed E-state index contributed by atoms with van der Waals surface area (Å²) in [5.41, 5.74) is 0.993. The minimum atomic E-state index is -0.215. The van der Waals surface area contributed by atoms with Gasteiger partial charge >= 0.3 is 0 Å². The van der Waals surface area contributed by atoms with Crippen molar-refractivity contribution < 1.29 is 9.53 Å². The quantitative estimate of drug-likeness (QED) is 0.550. The Balaban J connectivity index is 1.69. The molecule has 1 heterocycles. The van der Waals surface area contributed by atoms with Crippen LogP contribution in [0.5, 0.6) is 5.75 Å². The Morgan fingerprint density at radius 3 is 2.79 bits per heavy atom. The Labute approximate surface area is 142 Å². The zero-order valence-electron chi connectivity index (χ0n) is 12.9. The van der Waals surface area contributed by atoms with E-state index in [2.05, 4.69) is 15.3 Å². The van der Waals surface area contributed by atoms with Gasteiger partial charge in [0, 0.05) is 0 Å². The summed E-state index contributed by atoms with van der Waals surface area (Å²) in [5.74, 6) is 0.507. The average molecular weight is 341 g/mol. The van der Waals surface area contributed by atoms with E-state index in [9.17, 15) is 9.59 Å². The fourth-order valence-electron chi connectivity index (χ4n) is 2.20.